The molecule has 102 valence electrons. The molecule has 2 aliphatic carbocycles. The van der Waals surface area contributed by atoms with Crippen molar-refractivity contribution in [3.05, 3.63) is 28.8 Å². The second kappa shape index (κ2) is 5.02. The van der Waals surface area contributed by atoms with Crippen molar-refractivity contribution in [2.45, 2.75) is 31.7 Å². The maximum atomic E-state index is 12.7. The molecule has 1 aromatic carbocycles. The number of hydrogen-bond donors (Lipinski definition) is 2. The number of benzene rings is 1. The van der Waals surface area contributed by atoms with Gasteiger partial charge < -0.3 is 10.3 Å². The van der Waals surface area contributed by atoms with Gasteiger partial charge in [0.2, 0.25) is 0 Å². The van der Waals surface area contributed by atoms with Gasteiger partial charge in [0, 0.05) is 17.6 Å². The van der Waals surface area contributed by atoms with Gasteiger partial charge in [-0.1, -0.05) is 11.6 Å². The van der Waals surface area contributed by atoms with Gasteiger partial charge in [-0.05, 0) is 49.8 Å². The van der Waals surface area contributed by atoms with Crippen molar-refractivity contribution >= 4 is 23.2 Å². The first-order valence-corrected chi connectivity index (χ1v) is 7.14. The average Bonchev–Trinajstić information content (AvgIpc) is 3.27. The quantitative estimate of drug-likeness (QED) is 0.643. The molecule has 0 radical (unpaired) electrons. The summed E-state index contributed by atoms with van der Waals surface area (Å²) in [4.78, 5) is 14.7. The lowest BCUT2D eigenvalue weighted by Gasteiger charge is -2.23. The molecule has 3 rings (SSSR count). The van der Waals surface area contributed by atoms with Crippen LogP contribution in [0, 0.1) is 5.92 Å². The Bertz CT molecular complexity index is 497. The minimum Gasteiger partial charge on any atom is -0.335 e. The van der Waals surface area contributed by atoms with E-state index in [-0.39, 0.29) is 5.91 Å². The Morgan fingerprint density at radius 3 is 2.68 bits per heavy atom. The minimum atomic E-state index is 0.0462. The molecule has 5 heteroatoms. The number of amides is 1. The van der Waals surface area contributed by atoms with E-state index in [9.17, 15) is 4.79 Å². The second-order valence-corrected chi connectivity index (χ2v) is 5.90. The summed E-state index contributed by atoms with van der Waals surface area (Å²) in [5.41, 5.74) is 3.79. The predicted molar refractivity (Wildman–Crippen MR) is 76.0 cm³/mol. The zero-order chi connectivity index (χ0) is 13.4. The summed E-state index contributed by atoms with van der Waals surface area (Å²) < 4.78 is 0. The highest BCUT2D eigenvalue weighted by molar-refractivity contribution is 6.31. The topological polar surface area (TPSA) is 58.4 Å². The summed E-state index contributed by atoms with van der Waals surface area (Å²) in [6.07, 6.45) is 4.72. The van der Waals surface area contributed by atoms with Gasteiger partial charge in [0.25, 0.3) is 5.91 Å². The van der Waals surface area contributed by atoms with Crippen molar-refractivity contribution < 1.29 is 4.79 Å². The molecule has 3 N–H and O–H groups in total. The fourth-order valence-corrected chi connectivity index (χ4v) is 2.51. The number of nitrogens with one attached hydrogen (secondary N) is 1. The van der Waals surface area contributed by atoms with Crippen LogP contribution in [-0.4, -0.2) is 23.4 Å². The van der Waals surface area contributed by atoms with Gasteiger partial charge in [0.05, 0.1) is 11.3 Å². The van der Waals surface area contributed by atoms with Gasteiger partial charge in [-0.3, -0.25) is 10.6 Å². The molecule has 0 aromatic heterocycles. The van der Waals surface area contributed by atoms with Crippen LogP contribution in [0.15, 0.2) is 18.2 Å². The van der Waals surface area contributed by atoms with E-state index in [1.54, 1.807) is 18.2 Å². The molecule has 2 aliphatic rings. The van der Waals surface area contributed by atoms with Crippen molar-refractivity contribution in [1.29, 1.82) is 0 Å². The van der Waals surface area contributed by atoms with Gasteiger partial charge in [0.15, 0.2) is 0 Å². The van der Waals surface area contributed by atoms with E-state index in [1.165, 1.54) is 12.8 Å². The molecule has 1 amide bonds. The highest BCUT2D eigenvalue weighted by atomic mass is 35.5. The summed E-state index contributed by atoms with van der Waals surface area (Å²) in [6, 6.07) is 5.59. The summed E-state index contributed by atoms with van der Waals surface area (Å²) in [7, 11) is 0. The van der Waals surface area contributed by atoms with Gasteiger partial charge in [-0.2, -0.15) is 0 Å². The zero-order valence-electron chi connectivity index (χ0n) is 10.7. The van der Waals surface area contributed by atoms with Crippen LogP contribution >= 0.6 is 11.6 Å². The first-order valence-electron chi connectivity index (χ1n) is 6.76. The van der Waals surface area contributed by atoms with Crippen LogP contribution < -0.4 is 11.3 Å². The highest BCUT2D eigenvalue weighted by Gasteiger charge is 2.37. The maximum absolute atomic E-state index is 12.7. The molecule has 0 unspecified atom stereocenters. The first kappa shape index (κ1) is 12.8. The molecule has 1 aromatic rings. The molecule has 0 atom stereocenters. The molecule has 0 aliphatic heterocycles. The van der Waals surface area contributed by atoms with E-state index in [0.717, 1.165) is 19.4 Å². The lowest BCUT2D eigenvalue weighted by atomic mass is 10.1. The van der Waals surface area contributed by atoms with Crippen LogP contribution in [0.25, 0.3) is 0 Å². The predicted octanol–water partition coefficient (Wildman–Crippen LogP) is 2.64. The van der Waals surface area contributed by atoms with Crippen LogP contribution in [0.1, 0.15) is 36.0 Å². The summed E-state index contributed by atoms with van der Waals surface area (Å²) >= 11 is 6.00. The Morgan fingerprint density at radius 2 is 2.11 bits per heavy atom. The van der Waals surface area contributed by atoms with Crippen LogP contribution in [0.4, 0.5) is 5.69 Å². The number of nitrogens with two attached hydrogens (primary N) is 1. The third-order valence-corrected chi connectivity index (χ3v) is 4.00. The minimum absolute atomic E-state index is 0.0462. The number of hydrogen-bond acceptors (Lipinski definition) is 3. The Morgan fingerprint density at radius 1 is 1.37 bits per heavy atom. The van der Waals surface area contributed by atoms with Crippen molar-refractivity contribution in [3.63, 3.8) is 0 Å². The molecule has 0 bridgehead atoms. The summed E-state index contributed by atoms with van der Waals surface area (Å²) in [6.45, 7) is 0.875. The van der Waals surface area contributed by atoms with Gasteiger partial charge >= 0.3 is 0 Å². The van der Waals surface area contributed by atoms with Crippen LogP contribution in [0.3, 0.4) is 0 Å². The third-order valence-electron chi connectivity index (χ3n) is 3.77. The number of carbonyl (C=O) groups excluding carboxylic acids is 1. The van der Waals surface area contributed by atoms with Crippen molar-refractivity contribution in [2.75, 3.05) is 12.0 Å². The number of nitrogen functional groups attached to an aromatic ring is 1. The standard InChI is InChI=1S/C14H18ClN3O/c15-10-3-6-13(17-16)12(7-10)14(19)18(11-4-5-11)8-9-1-2-9/h3,6-7,9,11,17H,1-2,4-5,8,16H2. The molecule has 0 spiro atoms. The van der Waals surface area contributed by atoms with E-state index in [0.29, 0.717) is 28.2 Å². The molecule has 2 fully saturated rings. The number of carbonyl (C=O) groups is 1. The molecular formula is C14H18ClN3O. The Hall–Kier alpha value is -1.26. The van der Waals surface area contributed by atoms with Crippen molar-refractivity contribution in [2.24, 2.45) is 11.8 Å². The van der Waals surface area contributed by atoms with E-state index in [4.69, 9.17) is 17.4 Å². The van der Waals surface area contributed by atoms with Gasteiger partial charge in [-0.25, -0.2) is 0 Å². The SMILES string of the molecule is NNc1ccc(Cl)cc1C(=O)N(CC1CC1)C1CC1. The average molecular weight is 280 g/mol. The van der Waals surface area contributed by atoms with Crippen molar-refractivity contribution in [1.82, 2.24) is 4.90 Å². The molecule has 0 heterocycles. The number of anilines is 1. The highest BCUT2D eigenvalue weighted by Crippen LogP contribution is 2.36. The lowest BCUT2D eigenvalue weighted by Crippen LogP contribution is -2.35. The number of halogens is 1. The number of hydrazine groups is 1. The summed E-state index contributed by atoms with van der Waals surface area (Å²) in [5, 5.41) is 0.560. The van der Waals surface area contributed by atoms with Gasteiger partial charge in [0.1, 0.15) is 0 Å². The fraction of sp³-hybridized carbons (Fsp3) is 0.500. The smallest absolute Gasteiger partial charge is 0.256 e. The molecular weight excluding hydrogens is 262 g/mol. The van der Waals surface area contributed by atoms with Gasteiger partial charge in [-0.15, -0.1) is 0 Å². The zero-order valence-corrected chi connectivity index (χ0v) is 11.5. The second-order valence-electron chi connectivity index (χ2n) is 5.47. The molecule has 4 nitrogen and oxygen atoms in total. The van der Waals surface area contributed by atoms with Crippen LogP contribution in [0.2, 0.25) is 5.02 Å². The largest absolute Gasteiger partial charge is 0.335 e. The lowest BCUT2D eigenvalue weighted by molar-refractivity contribution is 0.0735. The first-order chi connectivity index (χ1) is 9.19. The number of rotatable bonds is 5. The Kier molecular flexibility index (Phi) is 3.37. The number of nitrogens with zero attached hydrogens (tertiary/aromatic N) is 1. The van der Waals surface area contributed by atoms with E-state index < -0.39 is 0 Å². The molecule has 2 saturated carbocycles. The fourth-order valence-electron chi connectivity index (χ4n) is 2.34. The van der Waals surface area contributed by atoms with E-state index >= 15 is 0 Å². The Labute approximate surface area is 117 Å². The monoisotopic (exact) mass is 279 g/mol. The van der Waals surface area contributed by atoms with Crippen molar-refractivity contribution in [3.8, 4) is 0 Å². The van der Waals surface area contributed by atoms with E-state index in [1.807, 2.05) is 4.90 Å². The Balaban J connectivity index is 1.85. The normalized spacial score (nSPS) is 18.2. The van der Waals surface area contributed by atoms with E-state index in [2.05, 4.69) is 5.43 Å². The third kappa shape index (κ3) is 2.85. The van der Waals surface area contributed by atoms with Crippen LogP contribution in [0.5, 0.6) is 0 Å². The summed E-state index contributed by atoms with van der Waals surface area (Å²) in [5.74, 6) is 6.22. The molecule has 0 saturated heterocycles. The van der Waals surface area contributed by atoms with Crippen LogP contribution in [-0.2, 0) is 0 Å². The molecule has 19 heavy (non-hydrogen) atoms. The maximum Gasteiger partial charge on any atom is 0.256 e.